The summed E-state index contributed by atoms with van der Waals surface area (Å²) in [6, 6.07) is 21.5. The molecular formula is C22H18N4O2S2. The standard InChI is InChI=1S/C22H18N4O2S2/c23-20(28)16-11-12-29-21(16)24-17(27)13-30-22-25-18(14-7-3-1-4-8-14)19(26-22)15-9-5-2-6-10-15/h1-12H,13H2,(H2,23,28)(H,24,27)(H,25,26). The molecule has 0 aliphatic heterocycles. The predicted molar refractivity (Wildman–Crippen MR) is 122 cm³/mol. The Morgan fingerprint density at radius 2 is 1.67 bits per heavy atom. The molecule has 4 rings (SSSR count). The van der Waals surface area contributed by atoms with E-state index in [0.717, 1.165) is 22.5 Å². The summed E-state index contributed by atoms with van der Waals surface area (Å²) in [6.45, 7) is 0. The second-order valence-electron chi connectivity index (χ2n) is 6.36. The molecule has 2 aromatic heterocycles. The number of H-pyrrole nitrogens is 1. The van der Waals surface area contributed by atoms with Crippen molar-refractivity contribution in [2.24, 2.45) is 5.73 Å². The van der Waals surface area contributed by atoms with E-state index in [9.17, 15) is 9.59 Å². The normalized spacial score (nSPS) is 10.7. The van der Waals surface area contributed by atoms with Crippen LogP contribution in [0.3, 0.4) is 0 Å². The van der Waals surface area contributed by atoms with Crippen molar-refractivity contribution < 1.29 is 9.59 Å². The first kappa shape index (κ1) is 19.9. The Labute approximate surface area is 181 Å². The molecule has 6 nitrogen and oxygen atoms in total. The van der Waals surface area contributed by atoms with Crippen LogP contribution in [0.15, 0.2) is 77.3 Å². The third-order valence-corrected chi connectivity index (χ3v) is 6.02. The summed E-state index contributed by atoms with van der Waals surface area (Å²) in [7, 11) is 0. The lowest BCUT2D eigenvalue weighted by Gasteiger charge is -2.03. The molecule has 0 atom stereocenters. The molecule has 0 radical (unpaired) electrons. The zero-order valence-corrected chi connectivity index (χ0v) is 17.4. The Kier molecular flexibility index (Phi) is 5.97. The lowest BCUT2D eigenvalue weighted by molar-refractivity contribution is -0.113. The molecule has 150 valence electrons. The van der Waals surface area contributed by atoms with Gasteiger partial charge >= 0.3 is 0 Å². The molecule has 0 spiro atoms. The number of primary amides is 1. The number of aromatic amines is 1. The monoisotopic (exact) mass is 434 g/mol. The van der Waals surface area contributed by atoms with Gasteiger partial charge in [-0.15, -0.1) is 11.3 Å². The number of nitrogens with one attached hydrogen (secondary N) is 2. The van der Waals surface area contributed by atoms with Gasteiger partial charge in [-0.3, -0.25) is 9.59 Å². The maximum atomic E-state index is 12.4. The van der Waals surface area contributed by atoms with E-state index in [-0.39, 0.29) is 11.7 Å². The molecule has 0 fully saturated rings. The second-order valence-corrected chi connectivity index (χ2v) is 8.24. The average molecular weight is 435 g/mol. The molecule has 0 aliphatic carbocycles. The molecule has 2 aromatic carbocycles. The fourth-order valence-corrected chi connectivity index (χ4v) is 4.41. The van der Waals surface area contributed by atoms with Crippen LogP contribution in [-0.2, 0) is 4.79 Å². The summed E-state index contributed by atoms with van der Waals surface area (Å²) < 4.78 is 0. The third-order valence-electron chi connectivity index (χ3n) is 4.32. The number of carbonyl (C=O) groups is 2. The van der Waals surface area contributed by atoms with E-state index in [0.29, 0.717) is 15.7 Å². The number of hydrogen-bond donors (Lipinski definition) is 3. The van der Waals surface area contributed by atoms with Gasteiger partial charge in [0.15, 0.2) is 5.16 Å². The van der Waals surface area contributed by atoms with E-state index in [1.807, 2.05) is 60.7 Å². The summed E-state index contributed by atoms with van der Waals surface area (Å²) in [5.74, 6) is -0.652. The van der Waals surface area contributed by atoms with Crippen LogP contribution < -0.4 is 11.1 Å². The maximum Gasteiger partial charge on any atom is 0.251 e. The second kappa shape index (κ2) is 8.98. The molecule has 2 amide bonds. The number of hydrogen-bond acceptors (Lipinski definition) is 5. The smallest absolute Gasteiger partial charge is 0.251 e. The van der Waals surface area contributed by atoms with E-state index >= 15 is 0 Å². The van der Waals surface area contributed by atoms with Gasteiger partial charge in [0, 0.05) is 11.1 Å². The predicted octanol–water partition coefficient (Wildman–Crippen LogP) is 4.63. The minimum Gasteiger partial charge on any atom is -0.366 e. The number of thiophene rings is 1. The van der Waals surface area contributed by atoms with Crippen LogP contribution in [0.1, 0.15) is 10.4 Å². The summed E-state index contributed by atoms with van der Waals surface area (Å²) in [5.41, 5.74) is 9.39. The number of nitrogens with two attached hydrogens (primary N) is 1. The number of amides is 2. The van der Waals surface area contributed by atoms with Crippen molar-refractivity contribution >= 4 is 39.9 Å². The van der Waals surface area contributed by atoms with Gasteiger partial charge in [-0.25, -0.2) is 4.98 Å². The van der Waals surface area contributed by atoms with Crippen molar-refractivity contribution in [1.29, 1.82) is 0 Å². The lowest BCUT2D eigenvalue weighted by Crippen LogP contribution is -2.17. The SMILES string of the molecule is NC(=O)c1ccsc1NC(=O)CSc1nc(-c2ccccc2)c(-c2ccccc2)[nH]1. The fourth-order valence-electron chi connectivity index (χ4n) is 2.94. The molecule has 0 saturated heterocycles. The molecule has 0 aliphatic rings. The van der Waals surface area contributed by atoms with Crippen molar-refractivity contribution in [2.45, 2.75) is 5.16 Å². The number of carbonyl (C=O) groups excluding carboxylic acids is 2. The van der Waals surface area contributed by atoms with Gasteiger partial charge in [0.2, 0.25) is 5.91 Å². The highest BCUT2D eigenvalue weighted by atomic mass is 32.2. The van der Waals surface area contributed by atoms with Gasteiger partial charge in [0.1, 0.15) is 5.00 Å². The number of rotatable bonds is 7. The zero-order chi connectivity index (χ0) is 20.9. The Morgan fingerprint density at radius 1 is 1.00 bits per heavy atom. The number of anilines is 1. The van der Waals surface area contributed by atoms with Gasteiger partial charge < -0.3 is 16.0 Å². The van der Waals surface area contributed by atoms with E-state index in [1.165, 1.54) is 23.1 Å². The molecule has 4 aromatic rings. The van der Waals surface area contributed by atoms with E-state index in [4.69, 9.17) is 10.7 Å². The van der Waals surface area contributed by atoms with Crippen LogP contribution in [-0.4, -0.2) is 27.5 Å². The van der Waals surface area contributed by atoms with Crippen molar-refractivity contribution in [3.05, 3.63) is 77.7 Å². The molecular weight excluding hydrogens is 416 g/mol. The number of benzene rings is 2. The van der Waals surface area contributed by atoms with Gasteiger partial charge in [0.05, 0.1) is 22.7 Å². The molecule has 8 heteroatoms. The van der Waals surface area contributed by atoms with E-state index < -0.39 is 5.91 Å². The summed E-state index contributed by atoms with van der Waals surface area (Å²) in [6.07, 6.45) is 0. The van der Waals surface area contributed by atoms with Crippen molar-refractivity contribution in [2.75, 3.05) is 11.1 Å². The zero-order valence-electron chi connectivity index (χ0n) is 15.8. The van der Waals surface area contributed by atoms with Gasteiger partial charge in [-0.1, -0.05) is 72.4 Å². The number of aromatic nitrogens is 2. The van der Waals surface area contributed by atoms with Crippen molar-refractivity contribution in [3.8, 4) is 22.5 Å². The minimum atomic E-state index is -0.565. The third kappa shape index (κ3) is 4.45. The van der Waals surface area contributed by atoms with Gasteiger partial charge in [-0.05, 0) is 11.4 Å². The average Bonchev–Trinajstić information content (AvgIpc) is 3.41. The highest BCUT2D eigenvalue weighted by Gasteiger charge is 2.16. The Hall–Kier alpha value is -3.36. The lowest BCUT2D eigenvalue weighted by atomic mass is 10.1. The summed E-state index contributed by atoms with van der Waals surface area (Å²) in [5, 5.41) is 5.56. The van der Waals surface area contributed by atoms with Crippen molar-refractivity contribution in [1.82, 2.24) is 9.97 Å². The first-order chi connectivity index (χ1) is 14.6. The number of thioether (sulfide) groups is 1. The fraction of sp³-hybridized carbons (Fsp3) is 0.0455. The van der Waals surface area contributed by atoms with E-state index in [2.05, 4.69) is 10.3 Å². The van der Waals surface area contributed by atoms with Crippen LogP contribution in [0.4, 0.5) is 5.00 Å². The Morgan fingerprint density at radius 3 is 2.33 bits per heavy atom. The molecule has 0 unspecified atom stereocenters. The largest absolute Gasteiger partial charge is 0.366 e. The van der Waals surface area contributed by atoms with Crippen LogP contribution in [0.5, 0.6) is 0 Å². The van der Waals surface area contributed by atoms with Crippen LogP contribution in [0, 0.1) is 0 Å². The molecule has 0 saturated carbocycles. The highest BCUT2D eigenvalue weighted by molar-refractivity contribution is 7.99. The first-order valence-electron chi connectivity index (χ1n) is 9.12. The van der Waals surface area contributed by atoms with Crippen LogP contribution in [0.25, 0.3) is 22.5 Å². The number of nitrogens with zero attached hydrogens (tertiary/aromatic N) is 1. The molecule has 4 N–H and O–H groups in total. The molecule has 2 heterocycles. The van der Waals surface area contributed by atoms with Gasteiger partial charge in [-0.2, -0.15) is 0 Å². The Balaban J connectivity index is 1.53. The van der Waals surface area contributed by atoms with E-state index in [1.54, 1.807) is 11.4 Å². The van der Waals surface area contributed by atoms with Crippen LogP contribution in [0.2, 0.25) is 0 Å². The Bertz CT molecular complexity index is 1110. The van der Waals surface area contributed by atoms with Crippen molar-refractivity contribution in [3.63, 3.8) is 0 Å². The maximum absolute atomic E-state index is 12.4. The topological polar surface area (TPSA) is 101 Å². The van der Waals surface area contributed by atoms with Gasteiger partial charge in [0.25, 0.3) is 5.91 Å². The number of imidazole rings is 1. The summed E-state index contributed by atoms with van der Waals surface area (Å²) >= 11 is 2.56. The molecule has 30 heavy (non-hydrogen) atoms. The summed E-state index contributed by atoms with van der Waals surface area (Å²) in [4.78, 5) is 31.9. The molecule has 0 bridgehead atoms. The van der Waals surface area contributed by atoms with Crippen LogP contribution >= 0.6 is 23.1 Å². The quantitative estimate of drug-likeness (QED) is 0.369. The minimum absolute atomic E-state index is 0.145. The highest BCUT2D eigenvalue weighted by Crippen LogP contribution is 2.32. The first-order valence-corrected chi connectivity index (χ1v) is 11.0.